The molecule has 0 spiro atoms. The number of hydrogen-bond donors (Lipinski definition) is 2. The van der Waals surface area contributed by atoms with E-state index < -0.39 is 29.4 Å². The van der Waals surface area contributed by atoms with Crippen LogP contribution in [0.15, 0.2) is 29.3 Å². The minimum atomic E-state index is -1.44. The molecule has 1 aromatic carbocycles. The van der Waals surface area contributed by atoms with Gasteiger partial charge in [-0.25, -0.2) is 4.79 Å². The summed E-state index contributed by atoms with van der Waals surface area (Å²) in [6.07, 6.45) is 0. The lowest BCUT2D eigenvalue weighted by Gasteiger charge is -2.28. The zero-order valence-electron chi connectivity index (χ0n) is 12.0. The molecule has 0 saturated carbocycles. The van der Waals surface area contributed by atoms with Crippen molar-refractivity contribution in [2.45, 2.75) is 17.8 Å². The topological polar surface area (TPSA) is 88.2 Å². The average molecular weight is 355 g/mol. The van der Waals surface area contributed by atoms with Crippen molar-refractivity contribution in [2.75, 3.05) is 6.61 Å². The second-order valence-electron chi connectivity index (χ2n) is 4.95. The summed E-state index contributed by atoms with van der Waals surface area (Å²) in [5, 5.41) is 17.3. The van der Waals surface area contributed by atoms with Crippen molar-refractivity contribution in [2.24, 2.45) is 0 Å². The third kappa shape index (κ3) is 3.34. The van der Waals surface area contributed by atoms with E-state index in [0.717, 1.165) is 11.8 Å². The highest BCUT2D eigenvalue weighted by atomic mass is 35.5. The molecule has 0 bridgehead atoms. The van der Waals surface area contributed by atoms with Gasteiger partial charge in [0.15, 0.2) is 0 Å². The highest BCUT2D eigenvalue weighted by molar-refractivity contribution is 8.10. The third-order valence-corrected chi connectivity index (χ3v) is 5.59. The fraction of sp³-hybridized carbons (Fsp3) is 0.267. The number of halogens is 1. The molecule has 1 aromatic rings. The van der Waals surface area contributed by atoms with Crippen molar-refractivity contribution >= 4 is 45.9 Å². The number of benzene rings is 1. The number of ether oxygens (including phenoxy) is 1. The fourth-order valence-corrected chi connectivity index (χ4v) is 3.97. The van der Waals surface area contributed by atoms with Crippen molar-refractivity contribution in [1.82, 2.24) is 0 Å². The number of carboxylic acid groups (broad SMARTS) is 2. The molecule has 1 aliphatic rings. The minimum absolute atomic E-state index is 0.144. The zero-order valence-corrected chi connectivity index (χ0v) is 13.6. The molecule has 0 amide bonds. The maximum atomic E-state index is 11.5. The molecule has 0 aliphatic carbocycles. The molecule has 6 nitrogen and oxygen atoms in total. The molecule has 0 radical (unpaired) electrons. The van der Waals surface area contributed by atoms with Gasteiger partial charge in [-0.1, -0.05) is 23.7 Å². The Balaban J connectivity index is 2.47. The van der Waals surface area contributed by atoms with Crippen molar-refractivity contribution < 1.29 is 24.5 Å². The van der Waals surface area contributed by atoms with Crippen LogP contribution in [0.2, 0.25) is 0 Å². The van der Waals surface area contributed by atoms with Gasteiger partial charge in [0.25, 0.3) is 6.57 Å². The first-order valence-electron chi connectivity index (χ1n) is 6.46. The van der Waals surface area contributed by atoms with Crippen molar-refractivity contribution in [3.63, 3.8) is 0 Å². The summed E-state index contributed by atoms with van der Waals surface area (Å²) in [5.74, 6) is -2.35. The van der Waals surface area contributed by atoms with Crippen molar-refractivity contribution in [1.29, 1.82) is 0 Å². The van der Waals surface area contributed by atoms with E-state index in [9.17, 15) is 14.7 Å². The molecular formula is C15H13ClNO5S+. The largest absolute Gasteiger partial charge is 0.480 e. The van der Waals surface area contributed by atoms with Gasteiger partial charge in [-0.3, -0.25) is 4.79 Å². The zero-order chi connectivity index (χ0) is 17.2. The van der Waals surface area contributed by atoms with Gasteiger partial charge < -0.3 is 14.9 Å². The first-order valence-corrected chi connectivity index (χ1v) is 7.72. The van der Waals surface area contributed by atoms with Crippen LogP contribution in [0, 0.1) is 6.57 Å². The Morgan fingerprint density at radius 2 is 2.17 bits per heavy atom. The summed E-state index contributed by atoms with van der Waals surface area (Å²) in [4.78, 5) is 26.4. The normalized spacial score (nSPS) is 23.6. The van der Waals surface area contributed by atoms with Crippen LogP contribution in [0.1, 0.15) is 12.5 Å². The maximum Gasteiger partial charge on any atom is 0.340 e. The predicted molar refractivity (Wildman–Crippen MR) is 88.2 cm³/mol. The van der Waals surface area contributed by atoms with E-state index in [0.29, 0.717) is 16.2 Å². The predicted octanol–water partition coefficient (Wildman–Crippen LogP) is 3.25. The van der Waals surface area contributed by atoms with Crippen LogP contribution in [0.4, 0.5) is 5.69 Å². The highest BCUT2D eigenvalue weighted by Crippen LogP contribution is 2.53. The number of thioether (sulfide) groups is 1. The van der Waals surface area contributed by atoms with E-state index in [2.05, 4.69) is 4.85 Å². The van der Waals surface area contributed by atoms with Crippen LogP contribution in [0.5, 0.6) is 0 Å². The van der Waals surface area contributed by atoms with Gasteiger partial charge in [-0.15, -0.1) is 11.8 Å². The summed E-state index contributed by atoms with van der Waals surface area (Å²) in [5.41, 5.74) is -0.297. The molecule has 2 unspecified atom stereocenters. The monoisotopic (exact) mass is 354 g/mol. The standard InChI is InChI=1S/C15H12ClNO5S/c1-15(22-7-10(18)19)12(16)11(23-13(15)14(20)21)8-4-3-5-9(6-8)17-2/h2-6,13H,7H2,1H3,(H-,18,19,20,21)/p+1. The van der Waals surface area contributed by atoms with Crippen LogP contribution in [0.3, 0.4) is 0 Å². The Morgan fingerprint density at radius 1 is 1.48 bits per heavy atom. The third-order valence-electron chi connectivity index (χ3n) is 3.35. The number of carbonyl (C=O) groups is 2. The number of hydrogen-bond acceptors (Lipinski definition) is 4. The van der Waals surface area contributed by atoms with Crippen LogP contribution in [0.25, 0.3) is 9.75 Å². The molecule has 120 valence electrons. The van der Waals surface area contributed by atoms with Gasteiger partial charge in [0.2, 0.25) is 0 Å². The lowest BCUT2D eigenvalue weighted by Crippen LogP contribution is -2.43. The molecule has 0 saturated heterocycles. The summed E-state index contributed by atoms with van der Waals surface area (Å²) < 4.78 is 5.31. The maximum absolute atomic E-state index is 11.5. The molecule has 2 rings (SSSR count). The van der Waals surface area contributed by atoms with Crippen LogP contribution < -0.4 is 0 Å². The number of rotatable bonds is 5. The van der Waals surface area contributed by atoms with Gasteiger partial charge in [0.1, 0.15) is 17.5 Å². The van der Waals surface area contributed by atoms with Gasteiger partial charge >= 0.3 is 17.6 Å². The second-order valence-corrected chi connectivity index (χ2v) is 6.44. The first-order chi connectivity index (χ1) is 10.8. The van der Waals surface area contributed by atoms with Gasteiger partial charge in [0.05, 0.1) is 5.03 Å². The fourth-order valence-electron chi connectivity index (χ4n) is 2.18. The van der Waals surface area contributed by atoms with E-state index in [-0.39, 0.29) is 5.03 Å². The molecule has 1 heterocycles. The van der Waals surface area contributed by atoms with Crippen molar-refractivity contribution in [3.8, 4) is 6.57 Å². The Bertz CT molecular complexity index is 742. The van der Waals surface area contributed by atoms with Crippen LogP contribution >= 0.6 is 23.4 Å². The minimum Gasteiger partial charge on any atom is -0.480 e. The Kier molecular flexibility index (Phi) is 5.00. The van der Waals surface area contributed by atoms with E-state index in [1.807, 2.05) is 0 Å². The summed E-state index contributed by atoms with van der Waals surface area (Å²) in [6, 6.07) is 6.79. The quantitative estimate of drug-likeness (QED) is 0.843. The van der Waals surface area contributed by atoms with Gasteiger partial charge in [0, 0.05) is 17.0 Å². The van der Waals surface area contributed by atoms with Crippen molar-refractivity contribution in [3.05, 3.63) is 39.7 Å². The molecule has 2 N–H and O–H groups in total. The molecular weight excluding hydrogens is 342 g/mol. The van der Waals surface area contributed by atoms with E-state index in [1.165, 1.54) is 6.92 Å². The lowest BCUT2D eigenvalue weighted by atomic mass is 9.99. The molecule has 23 heavy (non-hydrogen) atoms. The SMILES string of the molecule is C#[N+]c1cccc(C2=C(Cl)C(C)(OCC(=O)O)C(C(=O)O)S2)c1. The van der Waals surface area contributed by atoms with E-state index in [1.54, 1.807) is 24.3 Å². The molecule has 8 heteroatoms. The first kappa shape index (κ1) is 17.3. The second kappa shape index (κ2) is 6.62. The lowest BCUT2D eigenvalue weighted by molar-refractivity contribution is -0.151. The molecule has 1 aliphatic heterocycles. The van der Waals surface area contributed by atoms with Crippen LogP contribution in [-0.2, 0) is 14.3 Å². The van der Waals surface area contributed by atoms with Crippen LogP contribution in [-0.4, -0.2) is 39.6 Å². The summed E-state index contributed by atoms with van der Waals surface area (Å²) in [6.45, 7) is 6.06. The molecule has 2 atom stereocenters. The van der Waals surface area contributed by atoms with Gasteiger partial charge in [-0.05, 0) is 17.3 Å². The summed E-state index contributed by atoms with van der Waals surface area (Å²) >= 11 is 7.36. The molecule has 0 aromatic heterocycles. The number of nitrogens with zero attached hydrogens (tertiary/aromatic N) is 1. The van der Waals surface area contributed by atoms with E-state index in [4.69, 9.17) is 28.0 Å². The number of aliphatic carboxylic acids is 2. The number of carboxylic acids is 2. The Hall–Kier alpha value is -2.01. The molecule has 0 fully saturated rings. The summed E-state index contributed by atoms with van der Waals surface area (Å²) in [7, 11) is 0. The highest BCUT2D eigenvalue weighted by Gasteiger charge is 2.51. The van der Waals surface area contributed by atoms with E-state index >= 15 is 0 Å². The Labute approximate surface area is 141 Å². The average Bonchev–Trinajstić information content (AvgIpc) is 2.78. The smallest absolute Gasteiger partial charge is 0.340 e. The Morgan fingerprint density at radius 3 is 2.74 bits per heavy atom. The van der Waals surface area contributed by atoms with Gasteiger partial charge in [-0.2, -0.15) is 0 Å².